The van der Waals surface area contributed by atoms with Crippen molar-refractivity contribution in [2.24, 2.45) is 0 Å². The first kappa shape index (κ1) is 15.7. The minimum absolute atomic E-state index is 0.0871. The first-order chi connectivity index (χ1) is 10.4. The van der Waals surface area contributed by atoms with E-state index in [4.69, 9.17) is 9.84 Å². The van der Waals surface area contributed by atoms with Crippen molar-refractivity contribution in [2.75, 3.05) is 0 Å². The molecule has 2 N–H and O–H groups in total. The molecule has 2 rings (SSSR count). The summed E-state index contributed by atoms with van der Waals surface area (Å²) in [5, 5.41) is 29.2. The molecule has 0 aromatic heterocycles. The quantitative estimate of drug-likeness (QED) is 0.629. The predicted octanol–water partition coefficient (Wildman–Crippen LogP) is 1.10. The van der Waals surface area contributed by atoms with Gasteiger partial charge in [-0.1, -0.05) is 0 Å². The summed E-state index contributed by atoms with van der Waals surface area (Å²) < 4.78 is 4.96. The smallest absolute Gasteiger partial charge is 0.412 e. The van der Waals surface area contributed by atoms with Gasteiger partial charge in [0.25, 0.3) is 5.69 Å². The standard InChI is InChI=1S/C13H14N2O7/c16-11-6-5-10(12(17)18)14(11)13(19)22-7-8-1-3-9(4-2-8)15(20)21/h1-4,10-11,16H,5-7H2,(H,17,18). The maximum Gasteiger partial charge on any atom is 0.412 e. The van der Waals surface area contributed by atoms with Crippen molar-refractivity contribution in [2.45, 2.75) is 31.7 Å². The van der Waals surface area contributed by atoms with Crippen LogP contribution in [-0.4, -0.2) is 44.4 Å². The number of nitro benzene ring substituents is 1. The van der Waals surface area contributed by atoms with Gasteiger partial charge in [-0.05, 0) is 30.5 Å². The van der Waals surface area contributed by atoms with Crippen molar-refractivity contribution in [1.82, 2.24) is 4.90 Å². The Bertz CT molecular complexity index is 587. The first-order valence-electron chi connectivity index (χ1n) is 6.49. The van der Waals surface area contributed by atoms with Gasteiger partial charge in [-0.25, -0.2) is 9.59 Å². The molecule has 0 aliphatic carbocycles. The summed E-state index contributed by atoms with van der Waals surface area (Å²) >= 11 is 0. The summed E-state index contributed by atoms with van der Waals surface area (Å²) in [4.78, 5) is 33.7. The van der Waals surface area contributed by atoms with Crippen LogP contribution in [0, 0.1) is 10.1 Å². The number of rotatable bonds is 4. The van der Waals surface area contributed by atoms with Crippen LogP contribution in [0.2, 0.25) is 0 Å². The van der Waals surface area contributed by atoms with Crippen LogP contribution in [-0.2, 0) is 16.1 Å². The zero-order chi connectivity index (χ0) is 16.3. The summed E-state index contributed by atoms with van der Waals surface area (Å²) in [6, 6.07) is 4.29. The summed E-state index contributed by atoms with van der Waals surface area (Å²) in [7, 11) is 0. The van der Waals surface area contributed by atoms with Gasteiger partial charge in [-0.3, -0.25) is 15.0 Å². The van der Waals surface area contributed by atoms with E-state index in [9.17, 15) is 24.8 Å². The molecule has 9 heteroatoms. The van der Waals surface area contributed by atoms with Gasteiger partial charge in [-0.2, -0.15) is 0 Å². The molecule has 0 radical (unpaired) electrons. The molecule has 1 fully saturated rings. The Morgan fingerprint density at radius 2 is 1.95 bits per heavy atom. The normalized spacial score (nSPS) is 20.7. The lowest BCUT2D eigenvalue weighted by Crippen LogP contribution is -2.45. The zero-order valence-electron chi connectivity index (χ0n) is 11.4. The maximum absolute atomic E-state index is 11.9. The molecule has 1 heterocycles. The summed E-state index contributed by atoms with van der Waals surface area (Å²) in [5.74, 6) is -1.20. The van der Waals surface area contributed by atoms with Gasteiger partial charge in [-0.15, -0.1) is 0 Å². The number of hydrogen-bond acceptors (Lipinski definition) is 6. The molecule has 0 saturated carbocycles. The van der Waals surface area contributed by atoms with Crippen molar-refractivity contribution in [3.8, 4) is 0 Å². The number of aliphatic hydroxyl groups is 1. The monoisotopic (exact) mass is 310 g/mol. The molecule has 22 heavy (non-hydrogen) atoms. The lowest BCUT2D eigenvalue weighted by Gasteiger charge is -2.24. The van der Waals surface area contributed by atoms with Crippen LogP contribution >= 0.6 is 0 Å². The molecule has 9 nitrogen and oxygen atoms in total. The van der Waals surface area contributed by atoms with Gasteiger partial charge in [0.1, 0.15) is 18.9 Å². The van der Waals surface area contributed by atoms with Crippen molar-refractivity contribution >= 4 is 17.7 Å². The third kappa shape index (κ3) is 3.31. The van der Waals surface area contributed by atoms with Crippen LogP contribution in [0.15, 0.2) is 24.3 Å². The number of non-ortho nitro benzene ring substituents is 1. The highest BCUT2D eigenvalue weighted by atomic mass is 16.6. The van der Waals surface area contributed by atoms with Gasteiger partial charge < -0.3 is 14.9 Å². The Labute approximate surface area is 124 Å². The predicted molar refractivity (Wildman–Crippen MR) is 71.8 cm³/mol. The maximum atomic E-state index is 11.9. The van der Waals surface area contributed by atoms with E-state index in [2.05, 4.69) is 0 Å². The Kier molecular flexibility index (Phi) is 4.56. The van der Waals surface area contributed by atoms with Crippen LogP contribution in [0.25, 0.3) is 0 Å². The van der Waals surface area contributed by atoms with E-state index in [1.807, 2.05) is 0 Å². The molecule has 2 atom stereocenters. The van der Waals surface area contributed by atoms with Crippen molar-refractivity contribution in [3.63, 3.8) is 0 Å². The fourth-order valence-corrected chi connectivity index (χ4v) is 2.22. The highest BCUT2D eigenvalue weighted by Gasteiger charge is 2.41. The number of nitro groups is 1. The fourth-order valence-electron chi connectivity index (χ4n) is 2.22. The summed E-state index contributed by atoms with van der Waals surface area (Å²) in [5.41, 5.74) is 0.426. The van der Waals surface area contributed by atoms with Crippen LogP contribution in [0.4, 0.5) is 10.5 Å². The summed E-state index contributed by atoms with van der Waals surface area (Å²) in [6.45, 7) is -0.174. The van der Waals surface area contributed by atoms with Crippen molar-refractivity contribution < 1.29 is 29.5 Å². The van der Waals surface area contributed by atoms with E-state index in [1.165, 1.54) is 24.3 Å². The Hall–Kier alpha value is -2.68. The minimum Gasteiger partial charge on any atom is -0.480 e. The van der Waals surface area contributed by atoms with Gasteiger partial charge in [0, 0.05) is 12.1 Å². The van der Waals surface area contributed by atoms with Crippen LogP contribution in [0.1, 0.15) is 18.4 Å². The highest BCUT2D eigenvalue weighted by molar-refractivity contribution is 5.80. The van der Waals surface area contributed by atoms with Crippen molar-refractivity contribution in [3.05, 3.63) is 39.9 Å². The average Bonchev–Trinajstić information content (AvgIpc) is 2.87. The van der Waals surface area contributed by atoms with Gasteiger partial charge >= 0.3 is 12.1 Å². The molecule has 1 aliphatic rings. The lowest BCUT2D eigenvalue weighted by atomic mass is 10.2. The van der Waals surface area contributed by atoms with Crippen LogP contribution in [0.5, 0.6) is 0 Å². The fraction of sp³-hybridized carbons (Fsp3) is 0.385. The number of carbonyl (C=O) groups excluding carboxylic acids is 1. The molecule has 1 aromatic carbocycles. The average molecular weight is 310 g/mol. The minimum atomic E-state index is -1.20. The third-order valence-electron chi connectivity index (χ3n) is 3.36. The molecule has 1 aromatic rings. The second-order valence-electron chi connectivity index (χ2n) is 4.80. The number of aliphatic carboxylic acids is 1. The SMILES string of the molecule is O=C(O)C1CCC(O)N1C(=O)OCc1ccc([N+](=O)[O-])cc1. The second kappa shape index (κ2) is 6.39. The molecule has 1 saturated heterocycles. The molecule has 2 unspecified atom stereocenters. The molecule has 118 valence electrons. The molecular formula is C13H14N2O7. The zero-order valence-corrected chi connectivity index (χ0v) is 11.4. The van der Waals surface area contributed by atoms with E-state index in [1.54, 1.807) is 0 Å². The number of hydrogen-bond donors (Lipinski definition) is 2. The van der Waals surface area contributed by atoms with Crippen LogP contribution in [0.3, 0.4) is 0 Å². The van der Waals surface area contributed by atoms with Gasteiger partial charge in [0.2, 0.25) is 0 Å². The Morgan fingerprint density at radius 1 is 1.32 bits per heavy atom. The number of nitrogens with zero attached hydrogens (tertiary/aromatic N) is 2. The van der Waals surface area contributed by atoms with Crippen LogP contribution < -0.4 is 0 Å². The van der Waals surface area contributed by atoms with E-state index in [0.717, 1.165) is 4.90 Å². The van der Waals surface area contributed by atoms with Crippen molar-refractivity contribution in [1.29, 1.82) is 0 Å². The topological polar surface area (TPSA) is 130 Å². The molecular weight excluding hydrogens is 296 g/mol. The highest BCUT2D eigenvalue weighted by Crippen LogP contribution is 2.24. The second-order valence-corrected chi connectivity index (χ2v) is 4.80. The van der Waals surface area contributed by atoms with Gasteiger partial charge in [0.15, 0.2) is 0 Å². The summed E-state index contributed by atoms with van der Waals surface area (Å²) in [6.07, 6.45) is -1.80. The number of carbonyl (C=O) groups is 2. The Balaban J connectivity index is 1.97. The molecule has 0 spiro atoms. The van der Waals surface area contributed by atoms with E-state index in [-0.39, 0.29) is 25.1 Å². The number of carboxylic acids is 1. The third-order valence-corrected chi connectivity index (χ3v) is 3.36. The molecule has 1 aliphatic heterocycles. The number of ether oxygens (including phenoxy) is 1. The molecule has 0 bridgehead atoms. The number of benzene rings is 1. The number of amides is 1. The lowest BCUT2D eigenvalue weighted by molar-refractivity contribution is -0.384. The van der Waals surface area contributed by atoms with Gasteiger partial charge in [0.05, 0.1) is 4.92 Å². The number of likely N-dealkylation sites (tertiary alicyclic amines) is 1. The number of carboxylic acid groups (broad SMARTS) is 1. The number of aliphatic hydroxyl groups excluding tert-OH is 1. The van der Waals surface area contributed by atoms with E-state index in [0.29, 0.717) is 5.56 Å². The van der Waals surface area contributed by atoms with E-state index >= 15 is 0 Å². The Morgan fingerprint density at radius 3 is 2.50 bits per heavy atom. The van der Waals surface area contributed by atoms with E-state index < -0.39 is 29.3 Å². The first-order valence-corrected chi connectivity index (χ1v) is 6.49. The molecule has 1 amide bonds. The largest absolute Gasteiger partial charge is 0.480 e.